The molecule has 0 spiro atoms. The molecule has 0 saturated heterocycles. The average Bonchev–Trinajstić information content (AvgIpc) is 2.77. The van der Waals surface area contributed by atoms with Gasteiger partial charge in [-0.1, -0.05) is 66.7 Å². The summed E-state index contributed by atoms with van der Waals surface area (Å²) < 4.78 is 42.1. The lowest BCUT2D eigenvalue weighted by Crippen LogP contribution is -2.52. The Morgan fingerprint density at radius 2 is 1.57 bits per heavy atom. The zero-order chi connectivity index (χ0) is 21.1. The first-order valence-corrected chi connectivity index (χ1v) is 11.1. The molecule has 1 heterocycles. The first-order chi connectivity index (χ1) is 14.5. The van der Waals surface area contributed by atoms with Gasteiger partial charge in [0.1, 0.15) is 16.8 Å². The van der Waals surface area contributed by atoms with E-state index in [4.69, 9.17) is 0 Å². The number of hydrogen-bond acceptors (Lipinski definition) is 3. The van der Waals surface area contributed by atoms with Gasteiger partial charge in [-0.05, 0) is 35.2 Å². The van der Waals surface area contributed by atoms with E-state index in [1.165, 1.54) is 18.2 Å². The van der Waals surface area contributed by atoms with Crippen molar-refractivity contribution in [1.29, 1.82) is 0 Å². The van der Waals surface area contributed by atoms with Gasteiger partial charge >= 0.3 is 0 Å². The molecule has 0 fully saturated rings. The molecule has 0 aliphatic carbocycles. The third kappa shape index (κ3) is 3.99. The Labute approximate surface area is 175 Å². The molecule has 0 bridgehead atoms. The van der Waals surface area contributed by atoms with Crippen molar-refractivity contribution >= 4 is 15.9 Å². The second kappa shape index (κ2) is 8.38. The normalized spacial score (nSPS) is 16.6. The van der Waals surface area contributed by atoms with Crippen LogP contribution in [0.2, 0.25) is 0 Å². The number of benzene rings is 3. The summed E-state index contributed by atoms with van der Waals surface area (Å²) in [5, 5.41) is 2.83. The molecule has 4 rings (SSSR count). The Morgan fingerprint density at radius 1 is 0.933 bits per heavy atom. The molecule has 154 valence electrons. The highest BCUT2D eigenvalue weighted by Gasteiger charge is 2.40. The Kier molecular flexibility index (Phi) is 5.65. The quantitative estimate of drug-likeness (QED) is 0.684. The predicted molar refractivity (Wildman–Crippen MR) is 111 cm³/mol. The molecule has 0 unspecified atom stereocenters. The monoisotopic (exact) mass is 424 g/mol. The summed E-state index contributed by atoms with van der Waals surface area (Å²) in [5.41, 5.74) is 2.63. The average molecular weight is 424 g/mol. The van der Waals surface area contributed by atoms with Crippen molar-refractivity contribution in [2.24, 2.45) is 0 Å². The van der Waals surface area contributed by atoms with E-state index in [2.05, 4.69) is 5.32 Å². The number of amides is 1. The number of rotatable bonds is 5. The lowest BCUT2D eigenvalue weighted by atomic mass is 9.95. The molecule has 0 radical (unpaired) electrons. The molecular weight excluding hydrogens is 403 g/mol. The number of nitrogens with zero attached hydrogens (tertiary/aromatic N) is 1. The fraction of sp³-hybridized carbons (Fsp3) is 0.174. The van der Waals surface area contributed by atoms with Crippen LogP contribution in [-0.4, -0.2) is 24.7 Å². The van der Waals surface area contributed by atoms with Crippen molar-refractivity contribution < 1.29 is 17.6 Å². The lowest BCUT2D eigenvalue weighted by molar-refractivity contribution is -0.125. The molecule has 1 N–H and O–H groups in total. The van der Waals surface area contributed by atoms with Crippen molar-refractivity contribution in [1.82, 2.24) is 9.62 Å². The second-order valence-corrected chi connectivity index (χ2v) is 9.03. The zero-order valence-corrected chi connectivity index (χ0v) is 17.0. The topological polar surface area (TPSA) is 66.5 Å². The van der Waals surface area contributed by atoms with E-state index >= 15 is 0 Å². The highest BCUT2D eigenvalue weighted by Crippen LogP contribution is 2.30. The van der Waals surface area contributed by atoms with Gasteiger partial charge in [-0.25, -0.2) is 12.8 Å². The van der Waals surface area contributed by atoms with Crippen LogP contribution in [0.25, 0.3) is 0 Å². The van der Waals surface area contributed by atoms with Crippen LogP contribution in [0.15, 0.2) is 83.8 Å². The first kappa shape index (κ1) is 20.3. The Morgan fingerprint density at radius 3 is 2.30 bits per heavy atom. The Bertz CT molecular complexity index is 1170. The highest BCUT2D eigenvalue weighted by atomic mass is 32.2. The van der Waals surface area contributed by atoms with Gasteiger partial charge in [0.25, 0.3) is 0 Å². The number of carbonyl (C=O) groups is 1. The summed E-state index contributed by atoms with van der Waals surface area (Å²) in [7, 11) is -4.22. The maximum Gasteiger partial charge on any atom is 0.247 e. The number of fused-ring (bicyclic) bond motifs is 1. The Balaban J connectivity index is 1.67. The lowest BCUT2D eigenvalue weighted by Gasteiger charge is -2.35. The SMILES string of the molecule is O=C(NCc1ccccc1)[C@@H]1Cc2ccccc2CN1S(=O)(=O)c1ccccc1F. The minimum atomic E-state index is -4.22. The molecule has 30 heavy (non-hydrogen) atoms. The summed E-state index contributed by atoms with van der Waals surface area (Å²) in [6.45, 7) is 0.293. The molecule has 0 saturated carbocycles. The first-order valence-electron chi connectivity index (χ1n) is 9.61. The fourth-order valence-electron chi connectivity index (χ4n) is 3.66. The van der Waals surface area contributed by atoms with E-state index in [0.717, 1.165) is 27.1 Å². The molecule has 1 atom stereocenters. The number of nitrogens with one attached hydrogen (secondary N) is 1. The Hall–Kier alpha value is -3.03. The fourth-order valence-corrected chi connectivity index (χ4v) is 5.29. The number of halogens is 1. The van der Waals surface area contributed by atoms with Gasteiger partial charge in [-0.3, -0.25) is 4.79 Å². The summed E-state index contributed by atoms with van der Waals surface area (Å²) >= 11 is 0. The van der Waals surface area contributed by atoms with Gasteiger partial charge < -0.3 is 5.32 Å². The van der Waals surface area contributed by atoms with Gasteiger partial charge in [0.2, 0.25) is 15.9 Å². The van der Waals surface area contributed by atoms with E-state index in [-0.39, 0.29) is 19.5 Å². The van der Waals surface area contributed by atoms with Crippen molar-refractivity contribution in [2.45, 2.75) is 30.4 Å². The highest BCUT2D eigenvalue weighted by molar-refractivity contribution is 7.89. The van der Waals surface area contributed by atoms with Crippen LogP contribution in [0, 0.1) is 5.82 Å². The molecule has 0 aromatic heterocycles. The number of hydrogen-bond donors (Lipinski definition) is 1. The maximum atomic E-state index is 14.3. The molecule has 1 aliphatic heterocycles. The second-order valence-electron chi connectivity index (χ2n) is 7.17. The van der Waals surface area contributed by atoms with Crippen molar-refractivity contribution in [3.05, 3.63) is 101 Å². The van der Waals surface area contributed by atoms with Crippen LogP contribution in [-0.2, 0) is 34.3 Å². The molecular formula is C23H21FN2O3S. The maximum absolute atomic E-state index is 14.3. The molecule has 5 nitrogen and oxygen atoms in total. The summed E-state index contributed by atoms with van der Waals surface area (Å²) in [6, 6.07) is 21.1. The minimum absolute atomic E-state index is 0.0102. The van der Waals surface area contributed by atoms with Crippen LogP contribution >= 0.6 is 0 Å². The van der Waals surface area contributed by atoms with Gasteiger partial charge in [0.15, 0.2) is 0 Å². The number of sulfonamides is 1. The van der Waals surface area contributed by atoms with Gasteiger partial charge in [-0.15, -0.1) is 0 Å². The van der Waals surface area contributed by atoms with Crippen LogP contribution in [0.1, 0.15) is 16.7 Å². The van der Waals surface area contributed by atoms with Crippen LogP contribution < -0.4 is 5.32 Å². The molecule has 3 aromatic carbocycles. The summed E-state index contributed by atoms with van der Waals surface area (Å²) in [6.07, 6.45) is 0.227. The van der Waals surface area contributed by atoms with E-state index in [9.17, 15) is 17.6 Å². The molecule has 1 amide bonds. The smallest absolute Gasteiger partial charge is 0.247 e. The van der Waals surface area contributed by atoms with Crippen molar-refractivity contribution in [2.75, 3.05) is 0 Å². The van der Waals surface area contributed by atoms with Crippen LogP contribution in [0.4, 0.5) is 4.39 Å². The van der Waals surface area contributed by atoms with Crippen LogP contribution in [0.3, 0.4) is 0 Å². The number of carbonyl (C=O) groups excluding carboxylic acids is 1. The van der Waals surface area contributed by atoms with Crippen molar-refractivity contribution in [3.63, 3.8) is 0 Å². The van der Waals surface area contributed by atoms with Crippen LogP contribution in [0.5, 0.6) is 0 Å². The largest absolute Gasteiger partial charge is 0.351 e. The van der Waals surface area contributed by atoms with E-state index in [0.29, 0.717) is 0 Å². The zero-order valence-electron chi connectivity index (χ0n) is 16.2. The van der Waals surface area contributed by atoms with E-state index < -0.39 is 32.7 Å². The molecule has 7 heteroatoms. The third-order valence-corrected chi connectivity index (χ3v) is 7.13. The predicted octanol–water partition coefficient (Wildman–Crippen LogP) is 3.26. The van der Waals surface area contributed by atoms with E-state index in [1.54, 1.807) is 0 Å². The van der Waals surface area contributed by atoms with Gasteiger partial charge in [0, 0.05) is 13.1 Å². The summed E-state index contributed by atoms with van der Waals surface area (Å²) in [4.78, 5) is 12.6. The van der Waals surface area contributed by atoms with Crippen molar-refractivity contribution in [3.8, 4) is 0 Å². The van der Waals surface area contributed by atoms with Gasteiger partial charge in [-0.2, -0.15) is 4.31 Å². The summed E-state index contributed by atoms with van der Waals surface area (Å²) in [5.74, 6) is -1.24. The van der Waals surface area contributed by atoms with Gasteiger partial charge in [0.05, 0.1) is 0 Å². The molecule has 1 aliphatic rings. The standard InChI is InChI=1S/C23H21FN2O3S/c24-20-12-6-7-13-22(20)30(28,29)26-16-19-11-5-4-10-18(19)14-21(26)23(27)25-15-17-8-2-1-3-9-17/h1-13,21H,14-16H2,(H,25,27)/t21-/m0/s1. The minimum Gasteiger partial charge on any atom is -0.351 e. The molecule has 3 aromatic rings. The van der Waals surface area contributed by atoms with E-state index in [1.807, 2.05) is 54.6 Å². The third-order valence-electron chi connectivity index (χ3n) is 5.24.